The molecule has 116 valence electrons. The Morgan fingerprint density at radius 1 is 1.38 bits per heavy atom. The number of carbonyl (C=O) groups is 1. The van der Waals surface area contributed by atoms with Gasteiger partial charge >= 0.3 is 6.18 Å². The predicted molar refractivity (Wildman–Crippen MR) is 72.0 cm³/mol. The summed E-state index contributed by atoms with van der Waals surface area (Å²) in [5.41, 5.74) is 0.820. The number of halogens is 4. The Morgan fingerprint density at radius 2 is 2.10 bits per heavy atom. The molecule has 1 unspecified atom stereocenters. The molecular formula is C14H15ClF3NO2. The molecule has 0 N–H and O–H groups in total. The fourth-order valence-electron chi connectivity index (χ4n) is 2.47. The molecule has 21 heavy (non-hydrogen) atoms. The Kier molecular flexibility index (Phi) is 5.11. The SMILES string of the molecule is O=C(COCC(F)(F)F)N1CCCC1c1ccccc1Cl. The maximum Gasteiger partial charge on any atom is 0.411 e. The molecule has 0 aromatic heterocycles. The molecule has 3 nitrogen and oxygen atoms in total. The van der Waals surface area contributed by atoms with Crippen LogP contribution in [0.1, 0.15) is 24.4 Å². The lowest BCUT2D eigenvalue weighted by Crippen LogP contribution is -2.34. The number of rotatable bonds is 4. The van der Waals surface area contributed by atoms with Gasteiger partial charge in [-0.3, -0.25) is 4.79 Å². The van der Waals surface area contributed by atoms with Crippen molar-refractivity contribution in [2.75, 3.05) is 19.8 Å². The van der Waals surface area contributed by atoms with E-state index < -0.39 is 25.3 Å². The predicted octanol–water partition coefficient (Wildman–Crippen LogP) is 3.58. The summed E-state index contributed by atoms with van der Waals surface area (Å²) in [4.78, 5) is 13.6. The number of amides is 1. The zero-order valence-electron chi connectivity index (χ0n) is 11.2. The molecule has 1 fully saturated rings. The van der Waals surface area contributed by atoms with Crippen molar-refractivity contribution in [3.05, 3.63) is 34.9 Å². The fourth-order valence-corrected chi connectivity index (χ4v) is 2.73. The summed E-state index contributed by atoms with van der Waals surface area (Å²) >= 11 is 6.12. The molecule has 1 aliphatic rings. The van der Waals surface area contributed by atoms with Crippen LogP contribution in [-0.2, 0) is 9.53 Å². The molecule has 1 atom stereocenters. The fraction of sp³-hybridized carbons (Fsp3) is 0.500. The van der Waals surface area contributed by atoms with E-state index in [-0.39, 0.29) is 6.04 Å². The zero-order chi connectivity index (χ0) is 15.5. The molecule has 1 aliphatic heterocycles. The van der Waals surface area contributed by atoms with Gasteiger partial charge in [0.05, 0.1) is 6.04 Å². The Morgan fingerprint density at radius 3 is 2.76 bits per heavy atom. The van der Waals surface area contributed by atoms with E-state index in [0.717, 1.165) is 18.4 Å². The first kappa shape index (κ1) is 16.1. The summed E-state index contributed by atoms with van der Waals surface area (Å²) in [6, 6.07) is 6.98. The third-order valence-electron chi connectivity index (χ3n) is 3.33. The van der Waals surface area contributed by atoms with Crippen LogP contribution in [0.15, 0.2) is 24.3 Å². The smallest absolute Gasteiger partial charge is 0.362 e. The van der Waals surface area contributed by atoms with E-state index in [2.05, 4.69) is 4.74 Å². The monoisotopic (exact) mass is 321 g/mol. The van der Waals surface area contributed by atoms with E-state index in [1.54, 1.807) is 12.1 Å². The van der Waals surface area contributed by atoms with Gasteiger partial charge < -0.3 is 9.64 Å². The highest BCUT2D eigenvalue weighted by molar-refractivity contribution is 6.31. The van der Waals surface area contributed by atoms with Crippen molar-refractivity contribution >= 4 is 17.5 Å². The van der Waals surface area contributed by atoms with Gasteiger partial charge in [0.15, 0.2) is 0 Å². The summed E-state index contributed by atoms with van der Waals surface area (Å²) < 4.78 is 40.5. The van der Waals surface area contributed by atoms with E-state index in [1.165, 1.54) is 4.90 Å². The Balaban J connectivity index is 1.99. The van der Waals surface area contributed by atoms with Crippen LogP contribution in [0.25, 0.3) is 0 Å². The van der Waals surface area contributed by atoms with Crippen LogP contribution in [0.3, 0.4) is 0 Å². The average molecular weight is 322 g/mol. The number of alkyl halides is 3. The first-order valence-electron chi connectivity index (χ1n) is 6.57. The minimum Gasteiger partial charge on any atom is -0.362 e. The Bertz CT molecular complexity index is 507. The van der Waals surface area contributed by atoms with Crippen LogP contribution in [0.2, 0.25) is 5.02 Å². The van der Waals surface area contributed by atoms with Crippen molar-refractivity contribution in [3.63, 3.8) is 0 Å². The van der Waals surface area contributed by atoms with Gasteiger partial charge in [-0.25, -0.2) is 0 Å². The maximum absolute atomic E-state index is 12.0. The standard InChI is InChI=1S/C14H15ClF3NO2/c15-11-5-2-1-4-10(11)12-6-3-7-19(12)13(20)8-21-9-14(16,17)18/h1-2,4-5,12H,3,6-9H2. The van der Waals surface area contributed by atoms with E-state index in [1.807, 2.05) is 12.1 Å². The van der Waals surface area contributed by atoms with Crippen LogP contribution in [0, 0.1) is 0 Å². The molecule has 1 aromatic rings. The highest BCUT2D eigenvalue weighted by atomic mass is 35.5. The van der Waals surface area contributed by atoms with E-state index >= 15 is 0 Å². The van der Waals surface area contributed by atoms with Crippen LogP contribution in [0.4, 0.5) is 13.2 Å². The Hall–Kier alpha value is -1.27. The van der Waals surface area contributed by atoms with Gasteiger partial charge in [-0.05, 0) is 24.5 Å². The number of benzene rings is 1. The lowest BCUT2D eigenvalue weighted by molar-refractivity contribution is -0.178. The van der Waals surface area contributed by atoms with E-state index in [9.17, 15) is 18.0 Å². The second kappa shape index (κ2) is 6.66. The van der Waals surface area contributed by atoms with Crippen molar-refractivity contribution in [2.45, 2.75) is 25.1 Å². The molecule has 7 heteroatoms. The van der Waals surface area contributed by atoms with E-state index in [0.29, 0.717) is 11.6 Å². The van der Waals surface area contributed by atoms with Gasteiger partial charge in [-0.2, -0.15) is 13.2 Å². The van der Waals surface area contributed by atoms with Gasteiger partial charge in [-0.15, -0.1) is 0 Å². The quantitative estimate of drug-likeness (QED) is 0.848. The molecule has 0 radical (unpaired) electrons. The molecule has 1 saturated heterocycles. The van der Waals surface area contributed by atoms with Crippen molar-refractivity contribution in [1.82, 2.24) is 4.90 Å². The molecule has 0 spiro atoms. The zero-order valence-corrected chi connectivity index (χ0v) is 12.0. The highest BCUT2D eigenvalue weighted by Gasteiger charge is 2.32. The third kappa shape index (κ3) is 4.35. The lowest BCUT2D eigenvalue weighted by Gasteiger charge is -2.25. The number of hydrogen-bond donors (Lipinski definition) is 0. The van der Waals surface area contributed by atoms with Crippen LogP contribution in [-0.4, -0.2) is 36.7 Å². The molecule has 0 saturated carbocycles. The molecule has 0 aliphatic carbocycles. The topological polar surface area (TPSA) is 29.5 Å². The maximum atomic E-state index is 12.0. The average Bonchev–Trinajstić information content (AvgIpc) is 2.86. The van der Waals surface area contributed by atoms with Gasteiger partial charge in [-0.1, -0.05) is 29.8 Å². The molecular weight excluding hydrogens is 307 g/mol. The number of likely N-dealkylation sites (tertiary alicyclic amines) is 1. The highest BCUT2D eigenvalue weighted by Crippen LogP contribution is 2.35. The van der Waals surface area contributed by atoms with Gasteiger partial charge in [0.1, 0.15) is 13.2 Å². The van der Waals surface area contributed by atoms with Gasteiger partial charge in [0, 0.05) is 11.6 Å². The summed E-state index contributed by atoms with van der Waals surface area (Å²) in [7, 11) is 0. The van der Waals surface area contributed by atoms with Crippen LogP contribution in [0.5, 0.6) is 0 Å². The van der Waals surface area contributed by atoms with Crippen molar-refractivity contribution in [3.8, 4) is 0 Å². The van der Waals surface area contributed by atoms with Crippen molar-refractivity contribution < 1.29 is 22.7 Å². The summed E-state index contributed by atoms with van der Waals surface area (Å²) in [6.45, 7) is -1.48. The number of nitrogens with zero attached hydrogens (tertiary/aromatic N) is 1. The minimum atomic E-state index is -4.42. The van der Waals surface area contributed by atoms with Crippen molar-refractivity contribution in [2.24, 2.45) is 0 Å². The molecule has 0 bridgehead atoms. The van der Waals surface area contributed by atoms with E-state index in [4.69, 9.17) is 11.6 Å². The second-order valence-corrected chi connectivity index (χ2v) is 5.28. The van der Waals surface area contributed by atoms with Gasteiger partial charge in [0.25, 0.3) is 0 Å². The van der Waals surface area contributed by atoms with Crippen LogP contribution >= 0.6 is 11.6 Å². The first-order chi connectivity index (χ1) is 9.88. The summed E-state index contributed by atoms with van der Waals surface area (Å²) in [5, 5.41) is 0.554. The number of hydrogen-bond acceptors (Lipinski definition) is 2. The normalized spacial score (nSPS) is 19.0. The Labute approximate surface area is 125 Å². The molecule has 1 heterocycles. The van der Waals surface area contributed by atoms with Gasteiger partial charge in [0.2, 0.25) is 5.91 Å². The second-order valence-electron chi connectivity index (χ2n) is 4.87. The lowest BCUT2D eigenvalue weighted by atomic mass is 10.0. The molecule has 1 aromatic carbocycles. The third-order valence-corrected chi connectivity index (χ3v) is 3.67. The first-order valence-corrected chi connectivity index (χ1v) is 6.94. The summed E-state index contributed by atoms with van der Waals surface area (Å²) in [6.07, 6.45) is -2.89. The molecule has 2 rings (SSSR count). The number of ether oxygens (including phenoxy) is 1. The largest absolute Gasteiger partial charge is 0.411 e. The summed E-state index contributed by atoms with van der Waals surface area (Å²) in [5.74, 6) is -0.443. The molecule has 1 amide bonds. The van der Waals surface area contributed by atoms with Crippen molar-refractivity contribution in [1.29, 1.82) is 0 Å². The number of carbonyl (C=O) groups excluding carboxylic acids is 1. The van der Waals surface area contributed by atoms with Crippen LogP contribution < -0.4 is 0 Å². The minimum absolute atomic E-state index is 0.194.